The van der Waals surface area contributed by atoms with Crippen LogP contribution in [0.4, 0.5) is 0 Å². The Morgan fingerprint density at radius 2 is 2.04 bits per heavy atom. The number of benzene rings is 1. The number of hydrogen-bond donors (Lipinski definition) is 1. The van der Waals surface area contributed by atoms with Gasteiger partial charge in [-0.2, -0.15) is 4.98 Å². The van der Waals surface area contributed by atoms with Gasteiger partial charge >= 0.3 is 0 Å². The molecule has 25 heavy (non-hydrogen) atoms. The summed E-state index contributed by atoms with van der Waals surface area (Å²) in [6, 6.07) is 11.8. The van der Waals surface area contributed by atoms with Crippen LogP contribution < -0.4 is 5.32 Å². The molecule has 0 saturated carbocycles. The zero-order chi connectivity index (χ0) is 17.1. The van der Waals surface area contributed by atoms with E-state index in [-0.39, 0.29) is 0 Å². The first kappa shape index (κ1) is 15.3. The molecule has 0 spiro atoms. The Bertz CT molecular complexity index is 955. The Labute approximate surface area is 144 Å². The number of furan rings is 1. The van der Waals surface area contributed by atoms with E-state index in [0.29, 0.717) is 30.6 Å². The van der Waals surface area contributed by atoms with E-state index in [1.165, 1.54) is 0 Å². The first-order chi connectivity index (χ1) is 12.3. The monoisotopic (exact) mass is 335 g/mol. The summed E-state index contributed by atoms with van der Waals surface area (Å²) in [5.74, 6) is 2.52. The third-order valence-electron chi connectivity index (χ3n) is 3.88. The third-order valence-corrected chi connectivity index (χ3v) is 3.88. The van der Waals surface area contributed by atoms with Gasteiger partial charge in [0, 0.05) is 18.9 Å². The number of aromatic nitrogens is 4. The highest BCUT2D eigenvalue weighted by molar-refractivity contribution is 5.44. The van der Waals surface area contributed by atoms with Gasteiger partial charge in [0.1, 0.15) is 5.82 Å². The third kappa shape index (κ3) is 3.22. The molecule has 1 N–H and O–H groups in total. The number of para-hydroxylation sites is 1. The standard InChI is InChI=1S/C18H17N5O2/c1-13-20-8-9-23(13)15-6-3-2-5-14(15)11-19-12-17-21-18(22-25-17)16-7-4-10-24-16/h2-10,19H,11-12H2,1H3. The quantitative estimate of drug-likeness (QED) is 0.583. The highest BCUT2D eigenvalue weighted by atomic mass is 16.5. The Hall–Kier alpha value is -3.19. The van der Waals surface area contributed by atoms with E-state index in [2.05, 4.69) is 37.1 Å². The van der Waals surface area contributed by atoms with Crippen molar-refractivity contribution in [2.24, 2.45) is 0 Å². The first-order valence-electron chi connectivity index (χ1n) is 7.96. The topological polar surface area (TPSA) is 81.9 Å². The number of imidazole rings is 1. The highest BCUT2D eigenvalue weighted by Gasteiger charge is 2.11. The van der Waals surface area contributed by atoms with Crippen molar-refractivity contribution in [1.82, 2.24) is 25.0 Å². The van der Waals surface area contributed by atoms with Gasteiger partial charge in [-0.3, -0.25) is 0 Å². The summed E-state index contributed by atoms with van der Waals surface area (Å²) < 4.78 is 12.6. The van der Waals surface area contributed by atoms with Crippen LogP contribution in [0.5, 0.6) is 0 Å². The summed E-state index contributed by atoms with van der Waals surface area (Å²) >= 11 is 0. The number of aryl methyl sites for hydroxylation is 1. The molecule has 126 valence electrons. The lowest BCUT2D eigenvalue weighted by Gasteiger charge is -2.12. The van der Waals surface area contributed by atoms with Gasteiger partial charge in [-0.1, -0.05) is 23.4 Å². The Morgan fingerprint density at radius 3 is 2.84 bits per heavy atom. The number of nitrogens with zero attached hydrogens (tertiary/aromatic N) is 4. The maximum Gasteiger partial charge on any atom is 0.241 e. The summed E-state index contributed by atoms with van der Waals surface area (Å²) in [5, 5.41) is 7.26. The van der Waals surface area contributed by atoms with Crippen LogP contribution in [-0.4, -0.2) is 19.7 Å². The summed E-state index contributed by atoms with van der Waals surface area (Å²) in [6.45, 7) is 3.13. The lowest BCUT2D eigenvalue weighted by molar-refractivity contribution is 0.366. The zero-order valence-electron chi connectivity index (χ0n) is 13.7. The smallest absolute Gasteiger partial charge is 0.241 e. The molecule has 0 aliphatic rings. The van der Waals surface area contributed by atoms with Crippen LogP contribution in [0.25, 0.3) is 17.3 Å². The second-order valence-corrected chi connectivity index (χ2v) is 5.57. The van der Waals surface area contributed by atoms with Gasteiger partial charge in [-0.05, 0) is 30.7 Å². The fraction of sp³-hybridized carbons (Fsp3) is 0.167. The van der Waals surface area contributed by atoms with Crippen LogP contribution in [0, 0.1) is 6.92 Å². The molecule has 7 nitrogen and oxygen atoms in total. The maximum atomic E-state index is 5.26. The van der Waals surface area contributed by atoms with Crippen LogP contribution >= 0.6 is 0 Å². The number of nitrogens with one attached hydrogen (secondary N) is 1. The molecule has 3 aromatic heterocycles. The molecule has 0 amide bonds. The largest absolute Gasteiger partial charge is 0.461 e. The molecule has 3 heterocycles. The second kappa shape index (κ2) is 6.74. The van der Waals surface area contributed by atoms with Crippen molar-refractivity contribution in [3.63, 3.8) is 0 Å². The molecule has 0 saturated heterocycles. The van der Waals surface area contributed by atoms with Crippen molar-refractivity contribution in [2.45, 2.75) is 20.0 Å². The zero-order valence-corrected chi connectivity index (χ0v) is 13.7. The van der Waals surface area contributed by atoms with Crippen molar-refractivity contribution in [2.75, 3.05) is 0 Å². The molecule has 0 radical (unpaired) electrons. The van der Waals surface area contributed by atoms with Crippen LogP contribution in [0.3, 0.4) is 0 Å². The van der Waals surface area contributed by atoms with Gasteiger partial charge < -0.3 is 18.8 Å². The van der Waals surface area contributed by atoms with Gasteiger partial charge in [0.25, 0.3) is 0 Å². The number of hydrogen-bond acceptors (Lipinski definition) is 6. The molecule has 0 atom stereocenters. The minimum Gasteiger partial charge on any atom is -0.461 e. The molecule has 0 aliphatic carbocycles. The van der Waals surface area contributed by atoms with E-state index in [1.54, 1.807) is 24.6 Å². The SMILES string of the molecule is Cc1nccn1-c1ccccc1CNCc1nc(-c2ccco2)no1. The molecule has 1 aromatic carbocycles. The summed E-state index contributed by atoms with van der Waals surface area (Å²) in [5.41, 5.74) is 2.26. The molecule has 4 aromatic rings. The van der Waals surface area contributed by atoms with E-state index in [0.717, 1.165) is 17.1 Å². The highest BCUT2D eigenvalue weighted by Crippen LogP contribution is 2.17. The van der Waals surface area contributed by atoms with Crippen molar-refractivity contribution in [3.05, 3.63) is 72.3 Å². The van der Waals surface area contributed by atoms with Gasteiger partial charge in [0.15, 0.2) is 5.76 Å². The summed E-state index contributed by atoms with van der Waals surface area (Å²) in [7, 11) is 0. The van der Waals surface area contributed by atoms with E-state index < -0.39 is 0 Å². The normalized spacial score (nSPS) is 11.1. The molecule has 0 fully saturated rings. The second-order valence-electron chi connectivity index (χ2n) is 5.57. The van der Waals surface area contributed by atoms with Gasteiger partial charge in [-0.15, -0.1) is 0 Å². The molecule has 7 heteroatoms. The average Bonchev–Trinajstić information content (AvgIpc) is 3.36. The molecule has 0 bridgehead atoms. The Kier molecular flexibility index (Phi) is 4.14. The first-order valence-corrected chi connectivity index (χ1v) is 7.96. The van der Waals surface area contributed by atoms with Crippen LogP contribution in [0.1, 0.15) is 17.3 Å². The van der Waals surface area contributed by atoms with Crippen LogP contribution in [-0.2, 0) is 13.1 Å². The lowest BCUT2D eigenvalue weighted by atomic mass is 10.1. The van der Waals surface area contributed by atoms with Crippen LogP contribution in [0.15, 0.2) is 64.0 Å². The van der Waals surface area contributed by atoms with Crippen molar-refractivity contribution < 1.29 is 8.94 Å². The lowest BCUT2D eigenvalue weighted by Crippen LogP contribution is -2.15. The Balaban J connectivity index is 1.44. The van der Waals surface area contributed by atoms with E-state index in [1.807, 2.05) is 25.3 Å². The van der Waals surface area contributed by atoms with Crippen molar-refractivity contribution >= 4 is 0 Å². The number of rotatable bonds is 6. The van der Waals surface area contributed by atoms with E-state index in [4.69, 9.17) is 8.94 Å². The Morgan fingerprint density at radius 1 is 1.12 bits per heavy atom. The fourth-order valence-electron chi connectivity index (χ4n) is 2.66. The van der Waals surface area contributed by atoms with Gasteiger partial charge in [0.2, 0.25) is 11.7 Å². The predicted octanol–water partition coefficient (Wildman–Crippen LogP) is 3.11. The van der Waals surface area contributed by atoms with E-state index >= 15 is 0 Å². The molecule has 0 unspecified atom stereocenters. The minimum atomic E-state index is 0.455. The van der Waals surface area contributed by atoms with Crippen molar-refractivity contribution in [1.29, 1.82) is 0 Å². The van der Waals surface area contributed by atoms with E-state index in [9.17, 15) is 0 Å². The van der Waals surface area contributed by atoms with Crippen molar-refractivity contribution in [3.8, 4) is 17.3 Å². The minimum absolute atomic E-state index is 0.455. The molecule has 0 aliphatic heterocycles. The molecular formula is C18H17N5O2. The summed E-state index contributed by atoms with van der Waals surface area (Å²) in [6.07, 6.45) is 5.34. The fourth-order valence-corrected chi connectivity index (χ4v) is 2.66. The molecular weight excluding hydrogens is 318 g/mol. The van der Waals surface area contributed by atoms with Gasteiger partial charge in [-0.25, -0.2) is 4.98 Å². The average molecular weight is 335 g/mol. The molecule has 4 rings (SSSR count). The van der Waals surface area contributed by atoms with Gasteiger partial charge in [0.05, 0.1) is 18.5 Å². The maximum absolute atomic E-state index is 5.26. The predicted molar refractivity (Wildman–Crippen MR) is 90.8 cm³/mol. The summed E-state index contributed by atoms with van der Waals surface area (Å²) in [4.78, 5) is 8.61. The van der Waals surface area contributed by atoms with Crippen LogP contribution in [0.2, 0.25) is 0 Å².